The van der Waals surface area contributed by atoms with Crippen LogP contribution in [0, 0.1) is 5.92 Å². The van der Waals surface area contributed by atoms with Gasteiger partial charge in [-0.3, -0.25) is 4.79 Å². The molecular formula is C10H18O3S. The van der Waals surface area contributed by atoms with E-state index in [9.17, 15) is 4.79 Å². The van der Waals surface area contributed by atoms with E-state index < -0.39 is 0 Å². The number of thiocarbonyl (C=S) groups is 1. The van der Waals surface area contributed by atoms with E-state index in [1.807, 2.05) is 13.8 Å². The Kier molecular flexibility index (Phi) is 7.38. The highest BCUT2D eigenvalue weighted by molar-refractivity contribution is 7.80. The Hall–Kier alpha value is -0.640. The average Bonchev–Trinajstić information content (AvgIpc) is 2.09. The molecule has 0 atom stereocenters. The molecule has 0 amide bonds. The van der Waals surface area contributed by atoms with Gasteiger partial charge in [0.05, 0.1) is 19.1 Å². The van der Waals surface area contributed by atoms with Crippen molar-refractivity contribution in [1.29, 1.82) is 0 Å². The Morgan fingerprint density at radius 2 is 1.71 bits per heavy atom. The summed E-state index contributed by atoms with van der Waals surface area (Å²) in [6.07, 6.45) is 1.68. The molecule has 0 N–H and O–H groups in total. The van der Waals surface area contributed by atoms with E-state index in [-0.39, 0.29) is 11.9 Å². The van der Waals surface area contributed by atoms with E-state index >= 15 is 0 Å². The van der Waals surface area contributed by atoms with Crippen molar-refractivity contribution in [3.05, 3.63) is 0 Å². The van der Waals surface area contributed by atoms with Gasteiger partial charge in [-0.15, -0.1) is 0 Å². The van der Waals surface area contributed by atoms with Crippen LogP contribution in [0.1, 0.15) is 33.6 Å². The molecule has 0 saturated heterocycles. The molecule has 14 heavy (non-hydrogen) atoms. The van der Waals surface area contributed by atoms with Crippen LogP contribution in [0.5, 0.6) is 0 Å². The Bertz CT molecular complexity index is 190. The van der Waals surface area contributed by atoms with E-state index in [0.717, 1.165) is 12.8 Å². The topological polar surface area (TPSA) is 35.5 Å². The van der Waals surface area contributed by atoms with E-state index in [1.165, 1.54) is 0 Å². The lowest BCUT2D eigenvalue weighted by Crippen LogP contribution is -2.12. The minimum atomic E-state index is -0.142. The summed E-state index contributed by atoms with van der Waals surface area (Å²) in [5, 5.41) is 0.559. The van der Waals surface area contributed by atoms with Gasteiger partial charge in [0.1, 0.15) is 0 Å². The highest BCUT2D eigenvalue weighted by Gasteiger charge is 2.06. The molecule has 0 heterocycles. The van der Waals surface area contributed by atoms with Crippen LogP contribution in [0.15, 0.2) is 0 Å². The first-order valence-electron chi connectivity index (χ1n) is 4.84. The molecule has 0 aromatic carbocycles. The maximum atomic E-state index is 11.0. The highest BCUT2D eigenvalue weighted by Crippen LogP contribution is 1.98. The summed E-state index contributed by atoms with van der Waals surface area (Å²) in [5.74, 6) is -0.189. The summed E-state index contributed by atoms with van der Waals surface area (Å²) in [5.41, 5.74) is 0. The molecule has 0 rings (SSSR count). The largest absolute Gasteiger partial charge is 0.487 e. The van der Waals surface area contributed by atoms with E-state index in [2.05, 4.69) is 0 Å². The molecule has 0 saturated carbocycles. The normalized spacial score (nSPS) is 10.0. The van der Waals surface area contributed by atoms with Gasteiger partial charge in [-0.05, 0) is 25.1 Å². The number of hydrogen-bond donors (Lipinski definition) is 0. The quantitative estimate of drug-likeness (QED) is 0.389. The zero-order chi connectivity index (χ0) is 11.0. The molecule has 3 nitrogen and oxygen atoms in total. The van der Waals surface area contributed by atoms with E-state index in [4.69, 9.17) is 21.7 Å². The predicted octanol–water partition coefficient (Wildman–Crippen LogP) is 2.33. The van der Waals surface area contributed by atoms with Gasteiger partial charge < -0.3 is 9.47 Å². The predicted molar refractivity (Wildman–Crippen MR) is 59.3 cm³/mol. The van der Waals surface area contributed by atoms with Crippen LogP contribution in [0.4, 0.5) is 0 Å². The van der Waals surface area contributed by atoms with Gasteiger partial charge >= 0.3 is 5.97 Å². The van der Waals surface area contributed by atoms with Crippen LogP contribution in [0.2, 0.25) is 0 Å². The number of unbranched alkanes of at least 4 members (excludes halogenated alkanes) is 1. The zero-order valence-corrected chi connectivity index (χ0v) is 9.86. The molecule has 82 valence electrons. The molecule has 0 radical (unpaired) electrons. The highest BCUT2D eigenvalue weighted by atomic mass is 32.1. The fraction of sp³-hybridized carbons (Fsp3) is 0.800. The van der Waals surface area contributed by atoms with Crippen molar-refractivity contribution in [2.45, 2.75) is 33.6 Å². The van der Waals surface area contributed by atoms with Crippen LogP contribution in [-0.4, -0.2) is 24.2 Å². The number of esters is 1. The maximum Gasteiger partial charge on any atom is 0.308 e. The first-order chi connectivity index (χ1) is 6.54. The second-order valence-electron chi connectivity index (χ2n) is 3.37. The molecule has 0 unspecified atom stereocenters. The molecular weight excluding hydrogens is 200 g/mol. The number of ether oxygens (including phenoxy) is 2. The molecule has 0 aromatic heterocycles. The van der Waals surface area contributed by atoms with Crippen molar-refractivity contribution in [3.63, 3.8) is 0 Å². The van der Waals surface area contributed by atoms with Gasteiger partial charge in [-0.1, -0.05) is 13.8 Å². The molecule has 0 bridgehead atoms. The Morgan fingerprint density at radius 1 is 1.21 bits per heavy atom. The van der Waals surface area contributed by atoms with Crippen LogP contribution < -0.4 is 0 Å². The average molecular weight is 218 g/mol. The number of carbonyl (C=O) groups is 1. The van der Waals surface area contributed by atoms with Crippen molar-refractivity contribution in [2.75, 3.05) is 13.2 Å². The minimum Gasteiger partial charge on any atom is -0.487 e. The fourth-order valence-electron chi connectivity index (χ4n) is 0.759. The molecule has 0 aliphatic rings. The first kappa shape index (κ1) is 13.4. The number of rotatable bonds is 6. The van der Waals surface area contributed by atoms with Crippen LogP contribution >= 0.6 is 12.2 Å². The van der Waals surface area contributed by atoms with Gasteiger partial charge in [-0.25, -0.2) is 0 Å². The van der Waals surface area contributed by atoms with Crippen LogP contribution in [0.25, 0.3) is 0 Å². The second kappa shape index (κ2) is 7.74. The third-order valence-electron chi connectivity index (χ3n) is 1.56. The summed E-state index contributed by atoms with van der Waals surface area (Å²) in [7, 11) is 0. The van der Waals surface area contributed by atoms with Crippen molar-refractivity contribution in [3.8, 4) is 0 Å². The molecule has 0 fully saturated rings. The molecule has 0 aliphatic heterocycles. The molecule has 0 spiro atoms. The lowest BCUT2D eigenvalue weighted by molar-refractivity contribution is -0.147. The van der Waals surface area contributed by atoms with Gasteiger partial charge in [-0.2, -0.15) is 0 Å². The van der Waals surface area contributed by atoms with Gasteiger partial charge in [0.2, 0.25) is 0 Å². The summed E-state index contributed by atoms with van der Waals surface area (Å²) in [4.78, 5) is 11.0. The first-order valence-corrected chi connectivity index (χ1v) is 5.25. The van der Waals surface area contributed by atoms with Crippen molar-refractivity contribution in [1.82, 2.24) is 0 Å². The summed E-state index contributed by atoms with van der Waals surface area (Å²) in [6.45, 7) is 6.46. The smallest absolute Gasteiger partial charge is 0.308 e. The Balaban J connectivity index is 3.22. The van der Waals surface area contributed by atoms with E-state index in [1.54, 1.807) is 6.92 Å². The van der Waals surface area contributed by atoms with Gasteiger partial charge in [0.15, 0.2) is 5.05 Å². The monoisotopic (exact) mass is 218 g/mol. The third kappa shape index (κ3) is 7.98. The fourth-order valence-corrected chi connectivity index (χ4v) is 0.843. The van der Waals surface area contributed by atoms with Crippen molar-refractivity contribution >= 4 is 23.2 Å². The van der Waals surface area contributed by atoms with Crippen molar-refractivity contribution < 1.29 is 14.3 Å². The van der Waals surface area contributed by atoms with E-state index in [0.29, 0.717) is 18.3 Å². The van der Waals surface area contributed by atoms with Gasteiger partial charge in [0, 0.05) is 6.92 Å². The summed E-state index contributed by atoms with van der Waals surface area (Å²) < 4.78 is 10.1. The van der Waals surface area contributed by atoms with Crippen molar-refractivity contribution in [2.24, 2.45) is 5.92 Å². The van der Waals surface area contributed by atoms with Crippen LogP contribution in [0.3, 0.4) is 0 Å². The lowest BCUT2D eigenvalue weighted by atomic mass is 10.2. The molecule has 0 aromatic rings. The number of carbonyl (C=O) groups excluding carboxylic acids is 1. The zero-order valence-electron chi connectivity index (χ0n) is 9.04. The van der Waals surface area contributed by atoms with Crippen LogP contribution in [-0.2, 0) is 14.3 Å². The standard InChI is InChI=1S/C10H18O3S/c1-8(2)10(11)13-7-5-4-6-12-9(3)14/h8H,4-7H2,1-3H3. The third-order valence-corrected chi connectivity index (χ3v) is 1.68. The minimum absolute atomic E-state index is 0.0468. The SMILES string of the molecule is CC(=S)OCCCCOC(=O)C(C)C. The summed E-state index contributed by atoms with van der Waals surface area (Å²) >= 11 is 4.74. The Morgan fingerprint density at radius 3 is 2.14 bits per heavy atom. The van der Waals surface area contributed by atoms with Gasteiger partial charge in [0.25, 0.3) is 0 Å². The number of hydrogen-bond acceptors (Lipinski definition) is 4. The Labute approximate surface area is 90.8 Å². The molecule has 4 heteroatoms. The maximum absolute atomic E-state index is 11.0. The summed E-state index contributed by atoms with van der Waals surface area (Å²) in [6, 6.07) is 0. The second-order valence-corrected chi connectivity index (χ2v) is 3.94. The lowest BCUT2D eigenvalue weighted by Gasteiger charge is -2.07. The molecule has 0 aliphatic carbocycles.